The van der Waals surface area contributed by atoms with E-state index in [1.807, 2.05) is 54.6 Å². The molecule has 0 aliphatic rings. The number of aromatic nitrogens is 3. The first-order chi connectivity index (χ1) is 21.8. The van der Waals surface area contributed by atoms with E-state index in [0.717, 1.165) is 77.5 Å². The molecular formula is C40H25N3O. The third-order valence-corrected chi connectivity index (χ3v) is 8.41. The molecule has 4 nitrogen and oxygen atoms in total. The molecule has 6 aromatic carbocycles. The molecule has 0 saturated heterocycles. The average molecular weight is 564 g/mol. The second-order valence-corrected chi connectivity index (χ2v) is 11.0. The molecule has 9 rings (SSSR count). The van der Waals surface area contributed by atoms with Crippen molar-refractivity contribution in [2.45, 2.75) is 0 Å². The molecule has 0 unspecified atom stereocenters. The molecule has 0 fully saturated rings. The fourth-order valence-corrected chi connectivity index (χ4v) is 6.37. The van der Waals surface area contributed by atoms with Gasteiger partial charge in [0.05, 0.1) is 27.8 Å². The van der Waals surface area contributed by atoms with Gasteiger partial charge in [0.1, 0.15) is 11.2 Å². The van der Waals surface area contributed by atoms with Gasteiger partial charge in [0.15, 0.2) is 5.82 Å². The summed E-state index contributed by atoms with van der Waals surface area (Å²) in [4.78, 5) is 10.2. The van der Waals surface area contributed by atoms with Crippen molar-refractivity contribution in [2.75, 3.05) is 0 Å². The summed E-state index contributed by atoms with van der Waals surface area (Å²) >= 11 is 0. The Hall–Kier alpha value is -6.00. The average Bonchev–Trinajstić information content (AvgIpc) is 3.64. The molecule has 3 heterocycles. The van der Waals surface area contributed by atoms with Gasteiger partial charge >= 0.3 is 0 Å². The van der Waals surface area contributed by atoms with Gasteiger partial charge in [-0.2, -0.15) is 0 Å². The number of nitrogens with zero attached hydrogens (tertiary/aromatic N) is 3. The van der Waals surface area contributed by atoms with Gasteiger partial charge in [0, 0.05) is 38.5 Å². The summed E-state index contributed by atoms with van der Waals surface area (Å²) in [5.74, 6) is 0.686. The lowest BCUT2D eigenvalue weighted by Gasteiger charge is -2.11. The first-order valence-corrected chi connectivity index (χ1v) is 14.8. The molecule has 44 heavy (non-hydrogen) atoms. The van der Waals surface area contributed by atoms with Crippen LogP contribution >= 0.6 is 0 Å². The van der Waals surface area contributed by atoms with Gasteiger partial charge < -0.3 is 8.98 Å². The minimum Gasteiger partial charge on any atom is -0.455 e. The van der Waals surface area contributed by atoms with Crippen molar-refractivity contribution >= 4 is 43.7 Å². The zero-order valence-electron chi connectivity index (χ0n) is 23.7. The monoisotopic (exact) mass is 563 g/mol. The Morgan fingerprint density at radius 3 is 1.77 bits per heavy atom. The predicted molar refractivity (Wildman–Crippen MR) is 180 cm³/mol. The van der Waals surface area contributed by atoms with Crippen molar-refractivity contribution in [2.24, 2.45) is 0 Å². The summed E-state index contributed by atoms with van der Waals surface area (Å²) in [5.41, 5.74) is 9.91. The second-order valence-electron chi connectivity index (χ2n) is 11.0. The Balaban J connectivity index is 1.34. The molecule has 3 aromatic heterocycles. The standard InChI is InChI=1S/C40H25N3O/c1-4-12-26(13-5-1)33-25-34(27-14-6-2-7-15-27)42-40(41-33)28-20-21-32-36(24-28)43(29-16-8-3-9-17-29)35-23-22-31-30-18-10-11-19-37(30)44-39(31)38(32)35/h1-25H. The Bertz CT molecular complexity index is 2420. The molecule has 4 heteroatoms. The molecular weight excluding hydrogens is 538 g/mol. The quantitative estimate of drug-likeness (QED) is 0.214. The maximum absolute atomic E-state index is 6.53. The Kier molecular flexibility index (Phi) is 5.47. The van der Waals surface area contributed by atoms with Crippen molar-refractivity contribution in [3.8, 4) is 39.6 Å². The first kappa shape index (κ1) is 24.6. The molecule has 0 amide bonds. The lowest BCUT2D eigenvalue weighted by atomic mass is 10.0. The van der Waals surface area contributed by atoms with Crippen molar-refractivity contribution in [3.05, 3.63) is 152 Å². The van der Waals surface area contributed by atoms with Gasteiger partial charge in [-0.05, 0) is 42.5 Å². The van der Waals surface area contributed by atoms with Crippen LogP contribution in [0, 0.1) is 0 Å². The van der Waals surface area contributed by atoms with Crippen LogP contribution in [0.4, 0.5) is 0 Å². The number of benzene rings is 6. The molecule has 206 valence electrons. The minimum absolute atomic E-state index is 0.686. The fourth-order valence-electron chi connectivity index (χ4n) is 6.37. The Morgan fingerprint density at radius 1 is 0.455 bits per heavy atom. The highest BCUT2D eigenvalue weighted by Gasteiger charge is 2.20. The molecule has 0 spiro atoms. The zero-order chi connectivity index (χ0) is 29.0. The number of hydrogen-bond donors (Lipinski definition) is 0. The number of furan rings is 1. The maximum Gasteiger partial charge on any atom is 0.160 e. The number of para-hydroxylation sites is 2. The number of rotatable bonds is 4. The summed E-state index contributed by atoms with van der Waals surface area (Å²) < 4.78 is 8.85. The van der Waals surface area contributed by atoms with Crippen LogP contribution in [0.5, 0.6) is 0 Å². The molecule has 9 aromatic rings. The van der Waals surface area contributed by atoms with Crippen molar-refractivity contribution in [1.29, 1.82) is 0 Å². The van der Waals surface area contributed by atoms with Crippen LogP contribution in [0.25, 0.3) is 83.3 Å². The minimum atomic E-state index is 0.686. The highest BCUT2D eigenvalue weighted by molar-refractivity contribution is 6.24. The van der Waals surface area contributed by atoms with Gasteiger partial charge in [-0.3, -0.25) is 0 Å². The van der Waals surface area contributed by atoms with Crippen LogP contribution in [-0.2, 0) is 0 Å². The highest BCUT2D eigenvalue weighted by atomic mass is 16.3. The fraction of sp³-hybridized carbons (Fsp3) is 0. The number of fused-ring (bicyclic) bond motifs is 7. The normalized spacial score (nSPS) is 11.6. The van der Waals surface area contributed by atoms with Crippen molar-refractivity contribution in [3.63, 3.8) is 0 Å². The van der Waals surface area contributed by atoms with E-state index in [1.54, 1.807) is 0 Å². The Morgan fingerprint density at radius 2 is 1.07 bits per heavy atom. The second kappa shape index (κ2) is 9.79. The van der Waals surface area contributed by atoms with E-state index < -0.39 is 0 Å². The Labute approximate surface area is 253 Å². The number of hydrogen-bond acceptors (Lipinski definition) is 3. The van der Waals surface area contributed by atoms with E-state index in [4.69, 9.17) is 14.4 Å². The maximum atomic E-state index is 6.53. The van der Waals surface area contributed by atoms with E-state index in [0.29, 0.717) is 5.82 Å². The van der Waals surface area contributed by atoms with Crippen LogP contribution in [0.15, 0.2) is 156 Å². The summed E-state index contributed by atoms with van der Waals surface area (Å²) in [7, 11) is 0. The van der Waals surface area contributed by atoms with E-state index in [-0.39, 0.29) is 0 Å². The van der Waals surface area contributed by atoms with Crippen molar-refractivity contribution < 1.29 is 4.42 Å². The summed E-state index contributed by atoms with van der Waals surface area (Å²) in [6.45, 7) is 0. The van der Waals surface area contributed by atoms with Gasteiger partial charge in [-0.15, -0.1) is 0 Å². The summed E-state index contributed by atoms with van der Waals surface area (Å²) in [5, 5.41) is 4.48. The van der Waals surface area contributed by atoms with Crippen LogP contribution < -0.4 is 0 Å². The molecule has 0 bridgehead atoms. The van der Waals surface area contributed by atoms with Gasteiger partial charge in [-0.1, -0.05) is 109 Å². The largest absolute Gasteiger partial charge is 0.455 e. The van der Waals surface area contributed by atoms with Crippen molar-refractivity contribution in [1.82, 2.24) is 14.5 Å². The third-order valence-electron chi connectivity index (χ3n) is 8.41. The molecule has 0 atom stereocenters. The molecule has 0 saturated carbocycles. The third kappa shape index (κ3) is 3.85. The topological polar surface area (TPSA) is 43.9 Å². The van der Waals surface area contributed by atoms with Gasteiger partial charge in [0.25, 0.3) is 0 Å². The lowest BCUT2D eigenvalue weighted by molar-refractivity contribution is 0.673. The van der Waals surface area contributed by atoms with Crippen LogP contribution in [0.2, 0.25) is 0 Å². The van der Waals surface area contributed by atoms with Gasteiger partial charge in [0.2, 0.25) is 0 Å². The van der Waals surface area contributed by atoms with Crippen LogP contribution in [0.3, 0.4) is 0 Å². The van der Waals surface area contributed by atoms with Crippen LogP contribution in [-0.4, -0.2) is 14.5 Å². The predicted octanol–water partition coefficient (Wildman–Crippen LogP) is 10.5. The van der Waals surface area contributed by atoms with E-state index in [1.165, 1.54) is 0 Å². The molecule has 0 aliphatic heterocycles. The van der Waals surface area contributed by atoms with E-state index in [9.17, 15) is 0 Å². The first-order valence-electron chi connectivity index (χ1n) is 14.8. The van der Waals surface area contributed by atoms with E-state index in [2.05, 4.69) is 102 Å². The molecule has 0 N–H and O–H groups in total. The van der Waals surface area contributed by atoms with Gasteiger partial charge in [-0.25, -0.2) is 9.97 Å². The SMILES string of the molecule is c1ccc(-c2cc(-c3ccccc3)nc(-c3ccc4c5c6oc7ccccc7c6ccc5n(-c5ccccc5)c4c3)n2)cc1. The zero-order valence-corrected chi connectivity index (χ0v) is 23.7. The van der Waals surface area contributed by atoms with Crippen LogP contribution in [0.1, 0.15) is 0 Å². The van der Waals surface area contributed by atoms with E-state index >= 15 is 0 Å². The molecule has 0 aliphatic carbocycles. The highest BCUT2D eigenvalue weighted by Crippen LogP contribution is 2.41. The summed E-state index contributed by atoms with van der Waals surface area (Å²) in [6.07, 6.45) is 0. The summed E-state index contributed by atoms with van der Waals surface area (Å²) in [6, 6.07) is 52.4. The molecule has 0 radical (unpaired) electrons. The lowest BCUT2D eigenvalue weighted by Crippen LogP contribution is -1.97. The smallest absolute Gasteiger partial charge is 0.160 e.